The van der Waals surface area contributed by atoms with Gasteiger partial charge in [-0.1, -0.05) is 47.5 Å². The molecule has 0 spiro atoms. The van der Waals surface area contributed by atoms with Gasteiger partial charge in [-0.2, -0.15) is 0 Å². The van der Waals surface area contributed by atoms with E-state index in [1.165, 1.54) is 0 Å². The van der Waals surface area contributed by atoms with Crippen molar-refractivity contribution in [3.8, 4) is 0 Å². The monoisotopic (exact) mass is 526 g/mol. The molecule has 0 radical (unpaired) electrons. The molecule has 5 nitrogen and oxygen atoms in total. The highest BCUT2D eigenvalue weighted by molar-refractivity contribution is 7.80. The van der Waals surface area contributed by atoms with Crippen LogP contribution in [0.5, 0.6) is 0 Å². The van der Waals surface area contributed by atoms with Gasteiger partial charge in [0, 0.05) is 49.0 Å². The number of anilines is 2. The second-order valence-electron chi connectivity index (χ2n) is 8.73. The third-order valence-electron chi connectivity index (χ3n) is 6.27. The summed E-state index contributed by atoms with van der Waals surface area (Å²) in [6.45, 7) is 8.44. The summed E-state index contributed by atoms with van der Waals surface area (Å²) < 4.78 is 0. The van der Waals surface area contributed by atoms with E-state index in [1.54, 1.807) is 6.07 Å². The van der Waals surface area contributed by atoms with Crippen molar-refractivity contribution in [2.45, 2.75) is 20.4 Å². The molecule has 1 aliphatic heterocycles. The highest BCUT2D eigenvalue weighted by Crippen LogP contribution is 2.30. The molecule has 182 valence electrons. The molecule has 1 saturated heterocycles. The quantitative estimate of drug-likeness (QED) is 0.395. The van der Waals surface area contributed by atoms with Gasteiger partial charge in [0.2, 0.25) is 0 Å². The Kier molecular flexibility index (Phi) is 8.29. The summed E-state index contributed by atoms with van der Waals surface area (Å²) in [6, 6.07) is 19.3. The van der Waals surface area contributed by atoms with E-state index < -0.39 is 0 Å². The standard InChI is InChI=1S/C27H28Cl2N4OS/c1-18-7-8-20(15-19(18)2)26(34)31-27(35)30-22-9-10-25(24(29)16-22)33-13-11-32(12-14-33)17-21-5-3-4-6-23(21)28/h3-10,15-16H,11-14,17H2,1-2H3,(H2,30,31,34,35). The SMILES string of the molecule is Cc1ccc(C(=O)NC(=S)Nc2ccc(N3CCN(Cc4ccccc4Cl)CC3)c(Cl)c2)cc1C. The minimum atomic E-state index is -0.247. The van der Waals surface area contributed by atoms with E-state index >= 15 is 0 Å². The van der Waals surface area contributed by atoms with Crippen LogP contribution in [0.4, 0.5) is 11.4 Å². The van der Waals surface area contributed by atoms with Crippen LogP contribution in [-0.4, -0.2) is 42.1 Å². The summed E-state index contributed by atoms with van der Waals surface area (Å²) in [5.74, 6) is -0.247. The van der Waals surface area contributed by atoms with Gasteiger partial charge in [0.25, 0.3) is 5.91 Å². The van der Waals surface area contributed by atoms with E-state index in [9.17, 15) is 4.79 Å². The van der Waals surface area contributed by atoms with E-state index in [1.807, 2.05) is 62.4 Å². The average Bonchev–Trinajstić information content (AvgIpc) is 2.83. The van der Waals surface area contributed by atoms with Crippen LogP contribution < -0.4 is 15.5 Å². The number of aryl methyl sites for hydroxylation is 2. The van der Waals surface area contributed by atoms with Crippen molar-refractivity contribution in [1.29, 1.82) is 0 Å². The van der Waals surface area contributed by atoms with Gasteiger partial charge < -0.3 is 10.2 Å². The molecule has 4 rings (SSSR count). The Morgan fingerprint density at radius 2 is 1.66 bits per heavy atom. The molecule has 1 heterocycles. The number of benzene rings is 3. The van der Waals surface area contributed by atoms with Gasteiger partial charge in [0.15, 0.2) is 5.11 Å². The van der Waals surface area contributed by atoms with Crippen LogP contribution in [0.1, 0.15) is 27.0 Å². The second-order valence-corrected chi connectivity index (χ2v) is 9.95. The van der Waals surface area contributed by atoms with Gasteiger partial charge >= 0.3 is 0 Å². The molecule has 3 aromatic rings. The molecule has 0 unspecified atom stereocenters. The molecule has 35 heavy (non-hydrogen) atoms. The van der Waals surface area contributed by atoms with Crippen LogP contribution in [0.3, 0.4) is 0 Å². The van der Waals surface area contributed by atoms with Gasteiger partial charge in [0.05, 0.1) is 10.7 Å². The fraction of sp³-hybridized carbons (Fsp3) is 0.259. The molecule has 8 heteroatoms. The summed E-state index contributed by atoms with van der Waals surface area (Å²) in [6.07, 6.45) is 0. The van der Waals surface area contributed by atoms with Crippen LogP contribution in [0, 0.1) is 13.8 Å². The number of halogens is 2. The van der Waals surface area contributed by atoms with Crippen molar-refractivity contribution in [2.24, 2.45) is 0 Å². The first-order chi connectivity index (χ1) is 16.8. The van der Waals surface area contributed by atoms with E-state index in [0.717, 1.165) is 65.8 Å². The molecule has 0 saturated carbocycles. The van der Waals surface area contributed by atoms with Crippen molar-refractivity contribution in [3.63, 3.8) is 0 Å². The van der Waals surface area contributed by atoms with Crippen LogP contribution in [-0.2, 0) is 6.54 Å². The summed E-state index contributed by atoms with van der Waals surface area (Å²) >= 11 is 18.3. The zero-order valence-corrected chi connectivity index (χ0v) is 22.1. The van der Waals surface area contributed by atoms with Gasteiger partial charge in [-0.25, -0.2) is 0 Å². The first-order valence-electron chi connectivity index (χ1n) is 11.5. The van der Waals surface area contributed by atoms with Crippen LogP contribution in [0.2, 0.25) is 10.0 Å². The number of piperazine rings is 1. The molecule has 1 fully saturated rings. The molecule has 0 bridgehead atoms. The molecule has 2 N–H and O–H groups in total. The van der Waals surface area contributed by atoms with Gasteiger partial charge in [-0.05, 0) is 79.2 Å². The smallest absolute Gasteiger partial charge is 0.257 e. The topological polar surface area (TPSA) is 47.6 Å². The Balaban J connectivity index is 1.31. The van der Waals surface area contributed by atoms with E-state index in [0.29, 0.717) is 10.6 Å². The number of amides is 1. The number of nitrogens with zero attached hydrogens (tertiary/aromatic N) is 2. The van der Waals surface area contributed by atoms with Crippen molar-refractivity contribution < 1.29 is 4.79 Å². The average molecular weight is 528 g/mol. The first kappa shape index (κ1) is 25.5. The summed E-state index contributed by atoms with van der Waals surface area (Å²) in [5.41, 5.74) is 5.62. The number of nitrogens with one attached hydrogen (secondary N) is 2. The lowest BCUT2D eigenvalue weighted by Gasteiger charge is -2.36. The predicted molar refractivity (Wildman–Crippen MR) is 150 cm³/mol. The molecule has 1 amide bonds. The second kappa shape index (κ2) is 11.4. The molecule has 0 aliphatic carbocycles. The first-order valence-corrected chi connectivity index (χ1v) is 12.7. The maximum Gasteiger partial charge on any atom is 0.257 e. The lowest BCUT2D eigenvalue weighted by atomic mass is 10.1. The van der Waals surface area contributed by atoms with Gasteiger partial charge in [-0.3, -0.25) is 15.0 Å². The zero-order chi connectivity index (χ0) is 24.9. The fourth-order valence-electron chi connectivity index (χ4n) is 4.08. The zero-order valence-electron chi connectivity index (χ0n) is 19.8. The third-order valence-corrected chi connectivity index (χ3v) is 7.14. The number of carbonyl (C=O) groups excluding carboxylic acids is 1. The minimum absolute atomic E-state index is 0.227. The number of thiocarbonyl (C=S) groups is 1. The Hall–Kier alpha value is -2.64. The minimum Gasteiger partial charge on any atom is -0.368 e. The lowest BCUT2D eigenvalue weighted by Crippen LogP contribution is -2.46. The largest absolute Gasteiger partial charge is 0.368 e. The van der Waals surface area contributed by atoms with Crippen molar-refractivity contribution >= 4 is 57.8 Å². The molecular weight excluding hydrogens is 499 g/mol. The van der Waals surface area contributed by atoms with E-state index in [-0.39, 0.29) is 11.0 Å². The van der Waals surface area contributed by atoms with Crippen LogP contribution in [0.25, 0.3) is 0 Å². The molecule has 0 atom stereocenters. The van der Waals surface area contributed by atoms with Crippen molar-refractivity contribution in [1.82, 2.24) is 10.2 Å². The van der Waals surface area contributed by atoms with Crippen molar-refractivity contribution in [2.75, 3.05) is 36.4 Å². The normalized spacial score (nSPS) is 14.0. The lowest BCUT2D eigenvalue weighted by molar-refractivity contribution is 0.0977. The molecule has 1 aliphatic rings. The number of rotatable bonds is 5. The third kappa shape index (κ3) is 6.53. The van der Waals surface area contributed by atoms with E-state index in [4.69, 9.17) is 35.4 Å². The molecular formula is C27H28Cl2N4OS. The van der Waals surface area contributed by atoms with Crippen molar-refractivity contribution in [3.05, 3.63) is 93.0 Å². The van der Waals surface area contributed by atoms with E-state index in [2.05, 4.69) is 26.5 Å². The summed E-state index contributed by atoms with van der Waals surface area (Å²) in [5, 5.41) is 7.46. The molecule has 0 aromatic heterocycles. The summed E-state index contributed by atoms with van der Waals surface area (Å²) in [7, 11) is 0. The predicted octanol–water partition coefficient (Wildman–Crippen LogP) is 6.06. The van der Waals surface area contributed by atoms with Crippen LogP contribution in [0.15, 0.2) is 60.7 Å². The van der Waals surface area contributed by atoms with Gasteiger partial charge in [-0.15, -0.1) is 0 Å². The Morgan fingerprint density at radius 1 is 0.914 bits per heavy atom. The Labute approximate surface area is 222 Å². The highest BCUT2D eigenvalue weighted by Gasteiger charge is 2.20. The number of hydrogen-bond donors (Lipinski definition) is 2. The Bertz CT molecular complexity index is 1240. The number of hydrogen-bond acceptors (Lipinski definition) is 4. The maximum atomic E-state index is 12.5. The fourth-order valence-corrected chi connectivity index (χ4v) is 4.78. The highest BCUT2D eigenvalue weighted by atomic mass is 35.5. The number of carbonyl (C=O) groups is 1. The maximum absolute atomic E-state index is 12.5. The Morgan fingerprint density at radius 3 is 2.34 bits per heavy atom. The van der Waals surface area contributed by atoms with Crippen LogP contribution >= 0.6 is 35.4 Å². The summed E-state index contributed by atoms with van der Waals surface area (Å²) in [4.78, 5) is 17.2. The molecule has 3 aromatic carbocycles. The van der Waals surface area contributed by atoms with Gasteiger partial charge in [0.1, 0.15) is 0 Å².